The minimum atomic E-state index is -0.0117. The van der Waals surface area contributed by atoms with E-state index in [1.165, 1.54) is 22.5 Å². The topological polar surface area (TPSA) is 62.9 Å². The second kappa shape index (κ2) is 6.74. The number of thiazole rings is 1. The molecule has 3 heterocycles. The summed E-state index contributed by atoms with van der Waals surface area (Å²) in [6, 6.07) is 8.46. The standard InChI is InChI=1S/C18H22N4O2S/c1-3-14-19-18-22(20-14)17(23)16(25-18)15(21-7-9-24-10-8-21)13-6-4-5-12(2)11-13/h4-6,11,15,23H,3,7-10H2,1-2H3/t15-/m1/s1. The molecule has 1 saturated heterocycles. The lowest BCUT2D eigenvalue weighted by molar-refractivity contribution is 0.0241. The molecule has 1 aromatic carbocycles. The number of hydrogen-bond donors (Lipinski definition) is 1. The third kappa shape index (κ3) is 3.03. The molecule has 0 saturated carbocycles. The van der Waals surface area contributed by atoms with Crippen molar-refractivity contribution in [2.24, 2.45) is 0 Å². The molecule has 1 fully saturated rings. The Bertz CT molecular complexity index is 882. The van der Waals surface area contributed by atoms with Crippen molar-refractivity contribution in [3.8, 4) is 5.88 Å². The van der Waals surface area contributed by atoms with Crippen molar-refractivity contribution in [3.63, 3.8) is 0 Å². The van der Waals surface area contributed by atoms with Gasteiger partial charge < -0.3 is 9.84 Å². The van der Waals surface area contributed by atoms with Gasteiger partial charge in [-0.25, -0.2) is 4.98 Å². The molecular formula is C18H22N4O2S. The molecule has 132 valence electrons. The number of nitrogens with zero attached hydrogens (tertiary/aromatic N) is 4. The SMILES string of the molecule is CCc1nc2sc([C@@H](c3cccc(C)c3)N3CCOCC3)c(O)n2n1. The zero-order chi connectivity index (χ0) is 17.4. The highest BCUT2D eigenvalue weighted by atomic mass is 32.1. The summed E-state index contributed by atoms with van der Waals surface area (Å²) in [6.07, 6.45) is 0.758. The molecule has 0 amide bonds. The molecule has 0 spiro atoms. The first-order chi connectivity index (χ1) is 12.2. The van der Waals surface area contributed by atoms with E-state index >= 15 is 0 Å². The fourth-order valence-electron chi connectivity index (χ4n) is 3.32. The largest absolute Gasteiger partial charge is 0.492 e. The van der Waals surface area contributed by atoms with E-state index in [1.807, 2.05) is 6.92 Å². The second-order valence-electron chi connectivity index (χ2n) is 6.33. The molecule has 0 unspecified atom stereocenters. The number of benzene rings is 1. The highest BCUT2D eigenvalue weighted by Gasteiger charge is 2.30. The molecule has 1 N–H and O–H groups in total. The van der Waals surface area contributed by atoms with E-state index in [9.17, 15) is 5.11 Å². The summed E-state index contributed by atoms with van der Waals surface area (Å²) in [5.74, 6) is 0.955. The third-order valence-electron chi connectivity index (χ3n) is 4.58. The minimum absolute atomic E-state index is 0.0117. The Hall–Kier alpha value is -1.96. The predicted octanol–water partition coefficient (Wildman–Crippen LogP) is 2.79. The Morgan fingerprint density at radius 2 is 2.12 bits per heavy atom. The summed E-state index contributed by atoms with van der Waals surface area (Å²) in [5, 5.41) is 15.3. The fourth-order valence-corrected chi connectivity index (χ4v) is 4.46. The summed E-state index contributed by atoms with van der Waals surface area (Å²) in [4.78, 5) is 8.52. The van der Waals surface area contributed by atoms with Crippen LogP contribution in [0.15, 0.2) is 24.3 Å². The van der Waals surface area contributed by atoms with Crippen LogP contribution in [-0.2, 0) is 11.2 Å². The van der Waals surface area contributed by atoms with Crippen molar-refractivity contribution in [1.82, 2.24) is 19.5 Å². The van der Waals surface area contributed by atoms with E-state index in [0.717, 1.165) is 35.2 Å². The Morgan fingerprint density at radius 1 is 1.32 bits per heavy atom. The molecule has 7 heteroatoms. The van der Waals surface area contributed by atoms with Gasteiger partial charge in [-0.15, -0.1) is 5.10 Å². The summed E-state index contributed by atoms with van der Waals surface area (Å²) in [7, 11) is 0. The van der Waals surface area contributed by atoms with Gasteiger partial charge in [-0.2, -0.15) is 4.52 Å². The lowest BCUT2D eigenvalue weighted by Gasteiger charge is -2.34. The van der Waals surface area contributed by atoms with Gasteiger partial charge in [0.15, 0.2) is 5.82 Å². The first kappa shape index (κ1) is 16.5. The highest BCUT2D eigenvalue weighted by molar-refractivity contribution is 7.17. The first-order valence-corrected chi connectivity index (χ1v) is 9.44. The molecule has 6 nitrogen and oxygen atoms in total. The zero-order valence-corrected chi connectivity index (χ0v) is 15.3. The van der Waals surface area contributed by atoms with Crippen molar-refractivity contribution in [2.45, 2.75) is 26.3 Å². The lowest BCUT2D eigenvalue weighted by atomic mass is 10.0. The zero-order valence-electron chi connectivity index (χ0n) is 14.5. The van der Waals surface area contributed by atoms with E-state index < -0.39 is 0 Å². The minimum Gasteiger partial charge on any atom is -0.492 e. The van der Waals surface area contributed by atoms with Crippen molar-refractivity contribution in [2.75, 3.05) is 26.3 Å². The van der Waals surface area contributed by atoms with Crippen LogP contribution in [0.1, 0.15) is 34.8 Å². The number of ether oxygens (including phenoxy) is 1. The van der Waals surface area contributed by atoms with Crippen LogP contribution in [0.2, 0.25) is 0 Å². The van der Waals surface area contributed by atoms with E-state index in [0.29, 0.717) is 13.2 Å². The number of aromatic nitrogens is 3. The first-order valence-electron chi connectivity index (χ1n) is 8.63. The van der Waals surface area contributed by atoms with Crippen LogP contribution in [0.3, 0.4) is 0 Å². The maximum absolute atomic E-state index is 10.8. The molecule has 0 aliphatic carbocycles. The van der Waals surface area contributed by atoms with Gasteiger partial charge in [0.25, 0.3) is 0 Å². The van der Waals surface area contributed by atoms with Gasteiger partial charge in [0.1, 0.15) is 0 Å². The quantitative estimate of drug-likeness (QED) is 0.777. The van der Waals surface area contributed by atoms with Crippen LogP contribution in [0, 0.1) is 6.92 Å². The fraction of sp³-hybridized carbons (Fsp3) is 0.444. The summed E-state index contributed by atoms with van der Waals surface area (Å²) in [6.45, 7) is 7.21. The smallest absolute Gasteiger partial charge is 0.230 e. The van der Waals surface area contributed by atoms with E-state index in [1.54, 1.807) is 4.52 Å². The molecule has 4 rings (SSSR count). The van der Waals surface area contributed by atoms with E-state index in [2.05, 4.69) is 46.2 Å². The van der Waals surface area contributed by atoms with Crippen molar-refractivity contribution in [1.29, 1.82) is 0 Å². The van der Waals surface area contributed by atoms with Gasteiger partial charge in [0.2, 0.25) is 10.8 Å². The molecule has 1 aliphatic rings. The van der Waals surface area contributed by atoms with E-state index in [4.69, 9.17) is 4.74 Å². The lowest BCUT2D eigenvalue weighted by Crippen LogP contribution is -2.39. The van der Waals surface area contributed by atoms with Gasteiger partial charge >= 0.3 is 0 Å². The van der Waals surface area contributed by atoms with Crippen molar-refractivity contribution in [3.05, 3.63) is 46.1 Å². The number of aromatic hydroxyl groups is 1. The predicted molar refractivity (Wildman–Crippen MR) is 97.3 cm³/mol. The van der Waals surface area contributed by atoms with Gasteiger partial charge in [-0.3, -0.25) is 4.90 Å². The Labute approximate surface area is 150 Å². The molecule has 2 aromatic heterocycles. The third-order valence-corrected chi connectivity index (χ3v) is 5.65. The summed E-state index contributed by atoms with van der Waals surface area (Å²) < 4.78 is 7.09. The van der Waals surface area contributed by atoms with Gasteiger partial charge in [-0.05, 0) is 12.5 Å². The van der Waals surface area contributed by atoms with Crippen LogP contribution in [-0.4, -0.2) is 50.9 Å². The molecule has 0 radical (unpaired) electrons. The number of fused-ring (bicyclic) bond motifs is 1. The molecule has 1 atom stereocenters. The molecule has 1 aliphatic heterocycles. The number of aryl methyl sites for hydroxylation is 2. The number of rotatable bonds is 4. The Kier molecular flexibility index (Phi) is 4.45. The molecular weight excluding hydrogens is 336 g/mol. The number of hydrogen-bond acceptors (Lipinski definition) is 6. The van der Waals surface area contributed by atoms with Gasteiger partial charge in [0.05, 0.1) is 24.1 Å². The maximum atomic E-state index is 10.8. The normalized spacial score (nSPS) is 17.2. The molecule has 25 heavy (non-hydrogen) atoms. The average Bonchev–Trinajstić information content (AvgIpc) is 3.16. The second-order valence-corrected chi connectivity index (χ2v) is 7.34. The van der Waals surface area contributed by atoms with Gasteiger partial charge in [0, 0.05) is 19.5 Å². The molecule has 3 aromatic rings. The van der Waals surface area contributed by atoms with Crippen LogP contribution in [0.4, 0.5) is 0 Å². The van der Waals surface area contributed by atoms with Crippen LogP contribution >= 0.6 is 11.3 Å². The van der Waals surface area contributed by atoms with Crippen LogP contribution < -0.4 is 0 Å². The monoisotopic (exact) mass is 358 g/mol. The summed E-state index contributed by atoms with van der Waals surface area (Å²) in [5.41, 5.74) is 2.39. The summed E-state index contributed by atoms with van der Waals surface area (Å²) >= 11 is 1.52. The highest BCUT2D eigenvalue weighted by Crippen LogP contribution is 2.40. The van der Waals surface area contributed by atoms with Crippen LogP contribution in [0.25, 0.3) is 4.96 Å². The Morgan fingerprint density at radius 3 is 2.80 bits per heavy atom. The maximum Gasteiger partial charge on any atom is 0.230 e. The van der Waals surface area contributed by atoms with Gasteiger partial charge in [-0.1, -0.05) is 48.1 Å². The Balaban J connectivity index is 1.82. The molecule has 0 bridgehead atoms. The van der Waals surface area contributed by atoms with Crippen molar-refractivity contribution < 1.29 is 9.84 Å². The van der Waals surface area contributed by atoms with Crippen LogP contribution in [0.5, 0.6) is 5.88 Å². The number of morpholine rings is 1. The van der Waals surface area contributed by atoms with Crippen molar-refractivity contribution >= 4 is 16.3 Å². The van der Waals surface area contributed by atoms with E-state index in [-0.39, 0.29) is 11.9 Å². The average molecular weight is 358 g/mol.